The van der Waals surface area contributed by atoms with Gasteiger partial charge in [0.2, 0.25) is 0 Å². The smallest absolute Gasteiger partial charge is 0.185 e. The van der Waals surface area contributed by atoms with E-state index < -0.39 is 0 Å². The van der Waals surface area contributed by atoms with Crippen LogP contribution in [0.25, 0.3) is 6.08 Å². The fourth-order valence-corrected chi connectivity index (χ4v) is 1.93. The van der Waals surface area contributed by atoms with Crippen molar-refractivity contribution in [1.29, 1.82) is 0 Å². The monoisotopic (exact) mass is 281 g/mol. The zero-order chi connectivity index (χ0) is 15.2. The lowest BCUT2D eigenvalue weighted by Gasteiger charge is -2.11. The second kappa shape index (κ2) is 6.75. The van der Waals surface area contributed by atoms with Crippen molar-refractivity contribution in [3.8, 4) is 5.75 Å². The molecule has 2 aromatic rings. The predicted molar refractivity (Wildman–Crippen MR) is 87.1 cm³/mol. The van der Waals surface area contributed by atoms with Crippen molar-refractivity contribution in [2.45, 2.75) is 0 Å². The first kappa shape index (κ1) is 14.9. The highest BCUT2D eigenvalue weighted by Gasteiger charge is 2.03. The van der Waals surface area contributed by atoms with Gasteiger partial charge in [0.1, 0.15) is 5.75 Å². The van der Waals surface area contributed by atoms with Crippen molar-refractivity contribution >= 4 is 17.5 Å². The molecule has 0 unspecified atom stereocenters. The van der Waals surface area contributed by atoms with Crippen LogP contribution in [0.5, 0.6) is 5.75 Å². The molecule has 0 bridgehead atoms. The molecule has 0 aliphatic heterocycles. The van der Waals surface area contributed by atoms with Gasteiger partial charge in [0.05, 0.1) is 7.11 Å². The summed E-state index contributed by atoms with van der Waals surface area (Å²) in [6.07, 6.45) is 3.40. The van der Waals surface area contributed by atoms with Gasteiger partial charge >= 0.3 is 0 Å². The third kappa shape index (κ3) is 3.96. The Balaban J connectivity index is 2.10. The van der Waals surface area contributed by atoms with Crippen molar-refractivity contribution in [3.63, 3.8) is 0 Å². The quantitative estimate of drug-likeness (QED) is 0.619. The maximum atomic E-state index is 12.1. The van der Waals surface area contributed by atoms with Gasteiger partial charge < -0.3 is 9.64 Å². The Morgan fingerprint density at radius 3 is 2.43 bits per heavy atom. The topological polar surface area (TPSA) is 29.5 Å². The third-order valence-corrected chi connectivity index (χ3v) is 3.19. The molecule has 108 valence electrons. The number of benzene rings is 2. The van der Waals surface area contributed by atoms with E-state index >= 15 is 0 Å². The zero-order valence-corrected chi connectivity index (χ0v) is 12.5. The first-order chi connectivity index (χ1) is 10.1. The summed E-state index contributed by atoms with van der Waals surface area (Å²) in [6, 6.07) is 15.2. The van der Waals surface area contributed by atoms with E-state index in [0.717, 1.165) is 11.3 Å². The summed E-state index contributed by atoms with van der Waals surface area (Å²) in [5.74, 6) is 0.648. The Hall–Kier alpha value is -2.55. The van der Waals surface area contributed by atoms with Crippen LogP contribution in [0, 0.1) is 0 Å². The number of carbonyl (C=O) groups excluding carboxylic acids is 1. The summed E-state index contributed by atoms with van der Waals surface area (Å²) in [5.41, 5.74) is 2.75. The van der Waals surface area contributed by atoms with Crippen molar-refractivity contribution in [1.82, 2.24) is 0 Å². The van der Waals surface area contributed by atoms with E-state index in [1.807, 2.05) is 61.5 Å². The molecule has 3 heteroatoms. The van der Waals surface area contributed by atoms with Crippen LogP contribution in [0.15, 0.2) is 54.6 Å². The molecule has 0 atom stereocenters. The second-order valence-corrected chi connectivity index (χ2v) is 4.92. The molecule has 0 saturated heterocycles. The molecule has 0 aliphatic rings. The number of ketones is 1. The minimum Gasteiger partial charge on any atom is -0.497 e. The van der Waals surface area contributed by atoms with Crippen LogP contribution < -0.4 is 9.64 Å². The van der Waals surface area contributed by atoms with E-state index in [2.05, 4.69) is 0 Å². The van der Waals surface area contributed by atoms with Crippen molar-refractivity contribution in [3.05, 3.63) is 65.7 Å². The van der Waals surface area contributed by atoms with Gasteiger partial charge in [-0.25, -0.2) is 0 Å². The maximum absolute atomic E-state index is 12.1. The number of anilines is 1. The third-order valence-electron chi connectivity index (χ3n) is 3.19. The van der Waals surface area contributed by atoms with Crippen LogP contribution in [-0.4, -0.2) is 27.0 Å². The Kier molecular flexibility index (Phi) is 4.77. The summed E-state index contributed by atoms with van der Waals surface area (Å²) in [6.45, 7) is 0. The number of hydrogen-bond acceptors (Lipinski definition) is 3. The van der Waals surface area contributed by atoms with Crippen molar-refractivity contribution in [2.75, 3.05) is 26.1 Å². The molecule has 0 heterocycles. The van der Waals surface area contributed by atoms with Crippen LogP contribution >= 0.6 is 0 Å². The Morgan fingerprint density at radius 2 is 1.81 bits per heavy atom. The molecule has 0 aromatic heterocycles. The highest BCUT2D eigenvalue weighted by atomic mass is 16.5. The number of methoxy groups -OCH3 is 1. The number of nitrogens with zero attached hydrogens (tertiary/aromatic N) is 1. The molecule has 0 saturated carbocycles. The number of carbonyl (C=O) groups is 1. The van der Waals surface area contributed by atoms with E-state index in [1.54, 1.807) is 25.3 Å². The minimum atomic E-state index is -0.0365. The molecule has 2 aromatic carbocycles. The Labute approximate surface area is 125 Å². The number of rotatable bonds is 5. The van der Waals surface area contributed by atoms with E-state index in [9.17, 15) is 4.79 Å². The fraction of sp³-hybridized carbons (Fsp3) is 0.167. The SMILES string of the molecule is COc1cccc(C(=O)C=Cc2ccc(N(C)C)cc2)c1. The predicted octanol–water partition coefficient (Wildman–Crippen LogP) is 3.66. The highest BCUT2D eigenvalue weighted by molar-refractivity contribution is 6.07. The standard InChI is InChI=1S/C18H19NO2/c1-19(2)16-10-7-14(8-11-16)9-12-18(20)15-5-4-6-17(13-15)21-3/h4-13H,1-3H3. The summed E-state index contributed by atoms with van der Waals surface area (Å²) in [7, 11) is 5.58. The normalized spacial score (nSPS) is 10.6. The molecule has 2 rings (SSSR count). The van der Waals surface area contributed by atoms with Crippen molar-refractivity contribution in [2.24, 2.45) is 0 Å². The van der Waals surface area contributed by atoms with Gasteiger partial charge in [0.25, 0.3) is 0 Å². The Bertz CT molecular complexity index is 643. The van der Waals surface area contributed by atoms with Gasteiger partial charge in [0.15, 0.2) is 5.78 Å². The molecule has 0 amide bonds. The summed E-state index contributed by atoms with van der Waals surface area (Å²) < 4.78 is 5.12. The lowest BCUT2D eigenvalue weighted by atomic mass is 10.1. The number of hydrogen-bond donors (Lipinski definition) is 0. The molecule has 0 fully saturated rings. The molecular weight excluding hydrogens is 262 g/mol. The Morgan fingerprint density at radius 1 is 1.10 bits per heavy atom. The zero-order valence-electron chi connectivity index (χ0n) is 12.5. The fourth-order valence-electron chi connectivity index (χ4n) is 1.93. The van der Waals surface area contributed by atoms with Crippen LogP contribution in [0.3, 0.4) is 0 Å². The largest absolute Gasteiger partial charge is 0.497 e. The van der Waals surface area contributed by atoms with E-state index in [1.165, 1.54) is 0 Å². The van der Waals surface area contributed by atoms with Crippen LogP contribution in [-0.2, 0) is 0 Å². The van der Waals surface area contributed by atoms with Crippen LogP contribution in [0.1, 0.15) is 15.9 Å². The minimum absolute atomic E-state index is 0.0365. The maximum Gasteiger partial charge on any atom is 0.185 e. The summed E-state index contributed by atoms with van der Waals surface area (Å²) in [5, 5.41) is 0. The number of ether oxygens (including phenoxy) is 1. The van der Waals surface area contributed by atoms with Gasteiger partial charge in [-0.3, -0.25) is 4.79 Å². The van der Waals surface area contributed by atoms with Crippen molar-refractivity contribution < 1.29 is 9.53 Å². The van der Waals surface area contributed by atoms with E-state index in [4.69, 9.17) is 4.74 Å². The summed E-state index contributed by atoms with van der Waals surface area (Å²) >= 11 is 0. The van der Waals surface area contributed by atoms with E-state index in [-0.39, 0.29) is 5.78 Å². The van der Waals surface area contributed by atoms with Gasteiger partial charge in [-0.1, -0.05) is 30.3 Å². The summed E-state index contributed by atoms with van der Waals surface area (Å²) in [4.78, 5) is 14.1. The average molecular weight is 281 g/mol. The first-order valence-corrected chi connectivity index (χ1v) is 6.74. The van der Waals surface area contributed by atoms with Crippen LogP contribution in [0.4, 0.5) is 5.69 Å². The lowest BCUT2D eigenvalue weighted by molar-refractivity contribution is 0.104. The van der Waals surface area contributed by atoms with E-state index in [0.29, 0.717) is 11.3 Å². The molecule has 0 aliphatic carbocycles. The average Bonchev–Trinajstić information content (AvgIpc) is 2.53. The van der Waals surface area contributed by atoms with Gasteiger partial charge in [-0.05, 0) is 35.9 Å². The highest BCUT2D eigenvalue weighted by Crippen LogP contribution is 2.15. The molecule has 3 nitrogen and oxygen atoms in total. The lowest BCUT2D eigenvalue weighted by Crippen LogP contribution is -2.07. The molecule has 21 heavy (non-hydrogen) atoms. The molecular formula is C18H19NO2. The van der Waals surface area contributed by atoms with Gasteiger partial charge in [-0.15, -0.1) is 0 Å². The number of allylic oxidation sites excluding steroid dienone is 1. The molecule has 0 spiro atoms. The van der Waals surface area contributed by atoms with Crippen LogP contribution in [0.2, 0.25) is 0 Å². The second-order valence-electron chi connectivity index (χ2n) is 4.92. The molecule has 0 N–H and O–H groups in total. The first-order valence-electron chi connectivity index (χ1n) is 6.74. The molecule has 0 radical (unpaired) electrons. The van der Waals surface area contributed by atoms with Gasteiger partial charge in [0, 0.05) is 25.3 Å². The van der Waals surface area contributed by atoms with Gasteiger partial charge in [-0.2, -0.15) is 0 Å².